The molecule has 0 saturated carbocycles. The van der Waals surface area contributed by atoms with Crippen LogP contribution in [0.1, 0.15) is 19.4 Å². The van der Waals surface area contributed by atoms with Crippen molar-refractivity contribution < 1.29 is 0 Å². The average Bonchev–Trinajstić information content (AvgIpc) is 2.26. The van der Waals surface area contributed by atoms with E-state index in [2.05, 4.69) is 43.1 Å². The van der Waals surface area contributed by atoms with E-state index in [-0.39, 0.29) is 0 Å². The van der Waals surface area contributed by atoms with Crippen LogP contribution >= 0.6 is 23.5 Å². The molecule has 80 valence electrons. The van der Waals surface area contributed by atoms with E-state index in [9.17, 15) is 0 Å². The number of rotatable bonds is 2. The topological polar surface area (TPSA) is 12.4 Å². The fraction of sp³-hybridized carbons (Fsp3) is 0.417. The monoisotopic (exact) mass is 237 g/mol. The van der Waals surface area contributed by atoms with Gasteiger partial charge in [-0.25, -0.2) is 4.99 Å². The number of benzene rings is 1. The van der Waals surface area contributed by atoms with Gasteiger partial charge in [0.1, 0.15) is 4.38 Å². The van der Waals surface area contributed by atoms with Crippen LogP contribution in [-0.4, -0.2) is 10.1 Å². The predicted octanol–water partition coefficient (Wildman–Crippen LogP) is 4.31. The van der Waals surface area contributed by atoms with E-state index in [0.717, 1.165) is 23.1 Å². The van der Waals surface area contributed by atoms with E-state index < -0.39 is 0 Å². The fourth-order valence-corrected chi connectivity index (χ4v) is 3.36. The lowest BCUT2D eigenvalue weighted by Gasteiger charge is -2.14. The summed E-state index contributed by atoms with van der Waals surface area (Å²) >= 11 is 3.74. The van der Waals surface area contributed by atoms with Gasteiger partial charge in [0, 0.05) is 11.5 Å². The van der Waals surface area contributed by atoms with Crippen LogP contribution in [0.3, 0.4) is 0 Å². The highest BCUT2D eigenvalue weighted by atomic mass is 32.2. The third kappa shape index (κ3) is 3.02. The van der Waals surface area contributed by atoms with Gasteiger partial charge in [-0.05, 0) is 17.5 Å². The maximum Gasteiger partial charge on any atom is 0.130 e. The van der Waals surface area contributed by atoms with Gasteiger partial charge >= 0.3 is 0 Å². The summed E-state index contributed by atoms with van der Waals surface area (Å²) in [6.45, 7) is 4.49. The van der Waals surface area contributed by atoms with E-state index in [1.807, 2.05) is 23.5 Å². The smallest absolute Gasteiger partial charge is 0.130 e. The van der Waals surface area contributed by atoms with Crippen LogP contribution in [0.4, 0.5) is 5.69 Å². The number of nitrogens with zero attached hydrogens (tertiary/aromatic N) is 1. The van der Waals surface area contributed by atoms with Crippen molar-refractivity contribution >= 4 is 33.6 Å². The molecule has 1 aliphatic heterocycles. The molecule has 0 fully saturated rings. The van der Waals surface area contributed by atoms with Crippen LogP contribution in [0, 0.1) is 5.92 Å². The van der Waals surface area contributed by atoms with Gasteiger partial charge in [-0.3, -0.25) is 0 Å². The van der Waals surface area contributed by atoms with E-state index in [4.69, 9.17) is 0 Å². The van der Waals surface area contributed by atoms with Gasteiger partial charge in [0.15, 0.2) is 0 Å². The van der Waals surface area contributed by atoms with Crippen molar-refractivity contribution in [2.45, 2.75) is 19.6 Å². The number of aliphatic imine (C=N–C) groups is 1. The van der Waals surface area contributed by atoms with Gasteiger partial charge in [-0.2, -0.15) is 0 Å². The van der Waals surface area contributed by atoms with Crippen LogP contribution in [0.2, 0.25) is 0 Å². The first-order valence-corrected chi connectivity index (χ1v) is 7.15. The van der Waals surface area contributed by atoms with Crippen LogP contribution in [0.25, 0.3) is 0 Å². The van der Waals surface area contributed by atoms with Crippen molar-refractivity contribution in [2.24, 2.45) is 10.9 Å². The number of thioether (sulfide) groups is 2. The van der Waals surface area contributed by atoms with Gasteiger partial charge in [0.25, 0.3) is 0 Å². The highest BCUT2D eigenvalue weighted by molar-refractivity contribution is 8.38. The zero-order chi connectivity index (χ0) is 10.7. The van der Waals surface area contributed by atoms with Crippen LogP contribution < -0.4 is 0 Å². The molecule has 1 nitrogen and oxygen atoms in total. The number of para-hydroxylation sites is 1. The Morgan fingerprint density at radius 3 is 3.00 bits per heavy atom. The zero-order valence-electron chi connectivity index (χ0n) is 9.06. The number of hydrogen-bond acceptors (Lipinski definition) is 3. The van der Waals surface area contributed by atoms with Gasteiger partial charge < -0.3 is 0 Å². The Labute approximate surface area is 99.8 Å². The Bertz CT molecular complexity index is 372. The minimum absolute atomic E-state index is 0.732. The van der Waals surface area contributed by atoms with Crippen molar-refractivity contribution in [2.75, 3.05) is 5.75 Å². The van der Waals surface area contributed by atoms with Crippen LogP contribution in [0.5, 0.6) is 0 Å². The maximum atomic E-state index is 4.66. The normalized spacial score (nSPS) is 15.0. The zero-order valence-corrected chi connectivity index (χ0v) is 10.7. The summed E-state index contributed by atoms with van der Waals surface area (Å²) in [5.41, 5.74) is 2.51. The molecule has 0 atom stereocenters. The Morgan fingerprint density at radius 2 is 2.20 bits per heavy atom. The van der Waals surface area contributed by atoms with E-state index in [1.165, 1.54) is 9.94 Å². The molecule has 0 amide bonds. The quantitative estimate of drug-likeness (QED) is 0.760. The van der Waals surface area contributed by atoms with Crippen molar-refractivity contribution in [3.8, 4) is 0 Å². The molecule has 15 heavy (non-hydrogen) atoms. The molecule has 0 aromatic heterocycles. The molecule has 0 bridgehead atoms. The Morgan fingerprint density at radius 1 is 1.40 bits per heavy atom. The number of fused-ring (bicyclic) bond motifs is 1. The van der Waals surface area contributed by atoms with Gasteiger partial charge in [0.2, 0.25) is 0 Å². The van der Waals surface area contributed by atoms with E-state index in [1.54, 1.807) is 0 Å². The van der Waals surface area contributed by atoms with Gasteiger partial charge in [-0.1, -0.05) is 55.6 Å². The molecule has 1 aromatic rings. The van der Waals surface area contributed by atoms with Crippen LogP contribution in [0.15, 0.2) is 29.3 Å². The predicted molar refractivity (Wildman–Crippen MR) is 72.1 cm³/mol. The highest BCUT2D eigenvalue weighted by Gasteiger charge is 2.12. The molecule has 1 aliphatic rings. The van der Waals surface area contributed by atoms with Crippen molar-refractivity contribution in [3.63, 3.8) is 0 Å². The lowest BCUT2D eigenvalue weighted by molar-refractivity contribution is 0.752. The van der Waals surface area contributed by atoms with Crippen molar-refractivity contribution in [3.05, 3.63) is 29.8 Å². The molecule has 2 rings (SSSR count). The van der Waals surface area contributed by atoms with Crippen molar-refractivity contribution in [1.82, 2.24) is 0 Å². The first-order valence-electron chi connectivity index (χ1n) is 5.18. The van der Waals surface area contributed by atoms with Gasteiger partial charge in [-0.15, -0.1) is 0 Å². The molecule has 0 radical (unpaired) electrons. The molecular formula is C12H15NS2. The largest absolute Gasteiger partial charge is 0.235 e. The van der Waals surface area contributed by atoms with E-state index in [0.29, 0.717) is 0 Å². The first-order chi connectivity index (χ1) is 7.25. The second kappa shape index (κ2) is 5.08. The van der Waals surface area contributed by atoms with Crippen molar-refractivity contribution in [1.29, 1.82) is 0 Å². The molecule has 0 aliphatic carbocycles. The molecular weight excluding hydrogens is 222 g/mol. The molecule has 0 N–H and O–H groups in total. The average molecular weight is 237 g/mol. The molecule has 3 heteroatoms. The van der Waals surface area contributed by atoms with Crippen LogP contribution in [-0.2, 0) is 5.75 Å². The standard InChI is InChI=1S/C12H15NS2/c1-9(2)7-14-12-13-11-6-4-3-5-10(11)8-15-12/h3-6,9H,7-8H2,1-2H3. The summed E-state index contributed by atoms with van der Waals surface area (Å²) < 4.78 is 1.22. The number of hydrogen-bond donors (Lipinski definition) is 0. The summed E-state index contributed by atoms with van der Waals surface area (Å²) in [5, 5.41) is 0. The third-order valence-corrected chi connectivity index (χ3v) is 4.77. The Hall–Kier alpha value is -0.410. The molecule has 0 saturated heterocycles. The first kappa shape index (κ1) is 11.1. The Kier molecular flexibility index (Phi) is 3.76. The highest BCUT2D eigenvalue weighted by Crippen LogP contribution is 2.34. The summed E-state index contributed by atoms with van der Waals surface area (Å²) in [6, 6.07) is 8.41. The molecule has 0 spiro atoms. The fourth-order valence-electron chi connectivity index (χ4n) is 1.32. The SMILES string of the molecule is CC(C)CSC1=Nc2ccccc2CS1. The minimum atomic E-state index is 0.732. The summed E-state index contributed by atoms with van der Waals surface area (Å²) in [6.07, 6.45) is 0. The maximum absolute atomic E-state index is 4.66. The Balaban J connectivity index is 2.08. The second-order valence-electron chi connectivity index (χ2n) is 4.00. The summed E-state index contributed by atoms with van der Waals surface area (Å²) in [5.74, 6) is 2.96. The third-order valence-electron chi connectivity index (χ3n) is 2.09. The van der Waals surface area contributed by atoms with Gasteiger partial charge in [0.05, 0.1) is 5.69 Å². The molecule has 0 unspecified atom stereocenters. The second-order valence-corrected chi connectivity index (χ2v) is 6.23. The summed E-state index contributed by atoms with van der Waals surface area (Å²) in [4.78, 5) is 4.66. The lowest BCUT2D eigenvalue weighted by Crippen LogP contribution is -1.99. The minimum Gasteiger partial charge on any atom is -0.235 e. The lowest BCUT2D eigenvalue weighted by atomic mass is 10.2. The molecule has 1 heterocycles. The molecule has 1 aromatic carbocycles. The summed E-state index contributed by atoms with van der Waals surface area (Å²) in [7, 11) is 0. The van der Waals surface area contributed by atoms with E-state index >= 15 is 0 Å².